The highest BCUT2D eigenvalue weighted by molar-refractivity contribution is 7.85. The first-order chi connectivity index (χ1) is 9.79. The molecule has 3 heteroatoms. The summed E-state index contributed by atoms with van der Waals surface area (Å²) < 4.78 is 17.3. The zero-order valence-electron chi connectivity index (χ0n) is 11.5. The first-order valence-electron chi connectivity index (χ1n) is 6.51. The van der Waals surface area contributed by atoms with Crippen LogP contribution in [-0.2, 0) is 17.2 Å². The summed E-state index contributed by atoms with van der Waals surface area (Å²) in [5.41, 5.74) is 1.26. The molecule has 0 fully saturated rings. The summed E-state index contributed by atoms with van der Waals surface area (Å²) in [6.07, 6.45) is 4.91. The second-order valence-corrected chi connectivity index (χ2v) is 5.85. The number of rotatable bonds is 6. The molecule has 0 saturated heterocycles. The summed E-state index contributed by atoms with van der Waals surface area (Å²) in [7, 11) is 0.593. The zero-order chi connectivity index (χ0) is 14.2. The average molecular weight is 286 g/mol. The van der Waals surface area contributed by atoms with Crippen molar-refractivity contribution in [2.24, 2.45) is 0 Å². The highest BCUT2D eigenvalue weighted by Crippen LogP contribution is 2.15. The van der Waals surface area contributed by atoms with Crippen LogP contribution in [0.1, 0.15) is 5.56 Å². The highest BCUT2D eigenvalue weighted by Gasteiger charge is 2.02. The fourth-order valence-electron chi connectivity index (χ4n) is 1.83. The molecule has 2 nitrogen and oxygen atoms in total. The molecule has 0 spiro atoms. The van der Waals surface area contributed by atoms with Crippen molar-refractivity contribution < 1.29 is 8.95 Å². The number of ether oxygens (including phenoxy) is 1. The number of hydrogen-bond acceptors (Lipinski definition) is 2. The van der Waals surface area contributed by atoms with E-state index in [0.717, 1.165) is 17.1 Å². The van der Waals surface area contributed by atoms with Crippen LogP contribution in [0.5, 0.6) is 5.75 Å². The van der Waals surface area contributed by atoms with Gasteiger partial charge in [-0.25, -0.2) is 0 Å². The lowest BCUT2D eigenvalue weighted by Gasteiger charge is -2.02. The van der Waals surface area contributed by atoms with Crippen molar-refractivity contribution in [2.45, 2.75) is 11.3 Å². The second-order valence-electron chi connectivity index (χ2n) is 4.35. The monoisotopic (exact) mass is 286 g/mol. The molecule has 0 radical (unpaired) electrons. The van der Waals surface area contributed by atoms with E-state index in [4.69, 9.17) is 4.74 Å². The van der Waals surface area contributed by atoms with Crippen LogP contribution >= 0.6 is 0 Å². The van der Waals surface area contributed by atoms with E-state index >= 15 is 0 Å². The molecule has 0 amide bonds. The van der Waals surface area contributed by atoms with Crippen molar-refractivity contribution in [1.82, 2.24) is 0 Å². The van der Waals surface area contributed by atoms with Crippen molar-refractivity contribution in [3.05, 3.63) is 72.3 Å². The maximum Gasteiger partial charge on any atom is 0.120 e. The van der Waals surface area contributed by atoms with Gasteiger partial charge in [0.1, 0.15) is 5.75 Å². The van der Waals surface area contributed by atoms with Crippen LogP contribution in [0.2, 0.25) is 0 Å². The molecular formula is C17H18O2S. The maximum absolute atomic E-state index is 12.1. The lowest BCUT2D eigenvalue weighted by Crippen LogP contribution is -1.96. The molecule has 0 aliphatic carbocycles. The van der Waals surface area contributed by atoms with Gasteiger partial charge in [0.05, 0.1) is 17.9 Å². The summed E-state index contributed by atoms with van der Waals surface area (Å²) in [5, 5.41) is 0. The molecule has 2 aromatic rings. The number of benzene rings is 2. The Labute approximate surface area is 122 Å². The van der Waals surface area contributed by atoms with E-state index in [1.54, 1.807) is 7.11 Å². The van der Waals surface area contributed by atoms with Crippen LogP contribution in [0, 0.1) is 0 Å². The molecule has 104 valence electrons. The summed E-state index contributed by atoms with van der Waals surface area (Å²) in [4.78, 5) is 0.800. The molecule has 0 aliphatic rings. The van der Waals surface area contributed by atoms with Gasteiger partial charge in [-0.1, -0.05) is 48.6 Å². The lowest BCUT2D eigenvalue weighted by molar-refractivity contribution is 0.413. The summed E-state index contributed by atoms with van der Waals surface area (Å²) in [5.74, 6) is 1.27. The second kappa shape index (κ2) is 7.65. The largest absolute Gasteiger partial charge is 0.497 e. The van der Waals surface area contributed by atoms with Gasteiger partial charge in [0.15, 0.2) is 0 Å². The minimum Gasteiger partial charge on any atom is -0.497 e. The van der Waals surface area contributed by atoms with Crippen molar-refractivity contribution in [3.8, 4) is 5.75 Å². The molecule has 1 unspecified atom stereocenters. The molecule has 20 heavy (non-hydrogen) atoms. The molecule has 0 aromatic heterocycles. The maximum atomic E-state index is 12.1. The summed E-state index contributed by atoms with van der Waals surface area (Å²) >= 11 is 0. The van der Waals surface area contributed by atoms with Gasteiger partial charge in [-0.15, -0.1) is 0 Å². The predicted octanol–water partition coefficient (Wildman–Crippen LogP) is 3.60. The lowest BCUT2D eigenvalue weighted by atomic mass is 10.1. The fourth-order valence-corrected chi connectivity index (χ4v) is 2.81. The third-order valence-electron chi connectivity index (χ3n) is 2.91. The van der Waals surface area contributed by atoms with E-state index in [9.17, 15) is 4.21 Å². The number of allylic oxidation sites excluding steroid dienone is 1. The van der Waals surface area contributed by atoms with Crippen molar-refractivity contribution in [1.29, 1.82) is 0 Å². The van der Waals surface area contributed by atoms with Crippen molar-refractivity contribution in [2.75, 3.05) is 12.9 Å². The quantitative estimate of drug-likeness (QED) is 0.758. The van der Waals surface area contributed by atoms with Gasteiger partial charge in [-0.2, -0.15) is 0 Å². The molecular weight excluding hydrogens is 268 g/mol. The minimum absolute atomic E-state index is 0.528. The van der Waals surface area contributed by atoms with Gasteiger partial charge < -0.3 is 4.74 Å². The van der Waals surface area contributed by atoms with Gasteiger partial charge in [0, 0.05) is 10.6 Å². The van der Waals surface area contributed by atoms with Gasteiger partial charge in [0.2, 0.25) is 0 Å². The Hall–Kier alpha value is -1.87. The predicted molar refractivity (Wildman–Crippen MR) is 83.6 cm³/mol. The zero-order valence-corrected chi connectivity index (χ0v) is 12.3. The van der Waals surface area contributed by atoms with E-state index in [-0.39, 0.29) is 0 Å². The van der Waals surface area contributed by atoms with E-state index in [1.807, 2.05) is 48.5 Å². The van der Waals surface area contributed by atoms with E-state index in [2.05, 4.69) is 18.2 Å². The molecule has 2 rings (SSSR count). The first-order valence-corrected chi connectivity index (χ1v) is 7.83. The van der Waals surface area contributed by atoms with Crippen LogP contribution in [0.15, 0.2) is 71.6 Å². The Bertz CT molecular complexity index is 591. The van der Waals surface area contributed by atoms with Gasteiger partial charge >= 0.3 is 0 Å². The van der Waals surface area contributed by atoms with Crippen molar-refractivity contribution >= 4 is 10.8 Å². The van der Waals surface area contributed by atoms with Crippen LogP contribution in [0.4, 0.5) is 0 Å². The molecule has 1 atom stereocenters. The fraction of sp³-hybridized carbons (Fsp3) is 0.176. The molecule has 2 aromatic carbocycles. The van der Waals surface area contributed by atoms with E-state index < -0.39 is 10.8 Å². The van der Waals surface area contributed by atoms with Crippen molar-refractivity contribution in [3.63, 3.8) is 0 Å². The molecule has 0 bridgehead atoms. The number of methoxy groups -OCH3 is 1. The van der Waals surface area contributed by atoms with E-state index in [1.165, 1.54) is 5.56 Å². The molecule has 0 N–H and O–H groups in total. The topological polar surface area (TPSA) is 26.3 Å². The Morgan fingerprint density at radius 1 is 1.05 bits per heavy atom. The van der Waals surface area contributed by atoms with Gasteiger partial charge in [0.25, 0.3) is 0 Å². The smallest absolute Gasteiger partial charge is 0.120 e. The molecule has 0 aliphatic heterocycles. The van der Waals surface area contributed by atoms with Gasteiger partial charge in [-0.05, 0) is 30.2 Å². The Kier molecular flexibility index (Phi) is 5.56. The standard InChI is InChI=1S/C17H18O2S/c1-19-16-11-7-12-17(14-16)20(18)13-6-5-10-15-8-3-2-4-9-15/h2-9,11-12,14H,10,13H2,1H3. The SMILES string of the molecule is COc1cccc(S(=O)CC=CCc2ccccc2)c1. The van der Waals surface area contributed by atoms with Crippen LogP contribution in [0.25, 0.3) is 0 Å². The Morgan fingerprint density at radius 3 is 2.60 bits per heavy atom. The number of hydrogen-bond donors (Lipinski definition) is 0. The highest BCUT2D eigenvalue weighted by atomic mass is 32.2. The van der Waals surface area contributed by atoms with Gasteiger partial charge in [-0.3, -0.25) is 4.21 Å². The minimum atomic E-state index is -1.02. The Morgan fingerprint density at radius 2 is 1.85 bits per heavy atom. The average Bonchev–Trinajstić information content (AvgIpc) is 2.52. The Balaban J connectivity index is 1.88. The third-order valence-corrected chi connectivity index (χ3v) is 4.19. The van der Waals surface area contributed by atoms with E-state index in [0.29, 0.717) is 5.75 Å². The third kappa shape index (κ3) is 4.35. The molecule has 0 saturated carbocycles. The normalized spacial score (nSPS) is 12.4. The summed E-state index contributed by atoms with van der Waals surface area (Å²) in [6.45, 7) is 0. The molecule has 0 heterocycles. The van der Waals surface area contributed by atoms with Crippen LogP contribution < -0.4 is 4.74 Å². The van der Waals surface area contributed by atoms with Crippen LogP contribution in [-0.4, -0.2) is 17.1 Å². The first kappa shape index (κ1) is 14.5. The summed E-state index contributed by atoms with van der Waals surface area (Å²) in [6, 6.07) is 17.6. The van der Waals surface area contributed by atoms with Crippen LogP contribution in [0.3, 0.4) is 0 Å².